The van der Waals surface area contributed by atoms with Crippen LogP contribution in [-0.4, -0.2) is 78.7 Å². The van der Waals surface area contributed by atoms with Gasteiger partial charge in [-0.3, -0.25) is 14.6 Å². The maximum atomic E-state index is 12.8. The lowest BCUT2D eigenvalue weighted by Crippen LogP contribution is -2.49. The highest BCUT2D eigenvalue weighted by Gasteiger charge is 2.51. The fourth-order valence-electron chi connectivity index (χ4n) is 5.77. The molecule has 3 atom stereocenters. The molecule has 0 saturated carbocycles. The molecule has 1 N–H and O–H groups in total. The van der Waals surface area contributed by atoms with Crippen molar-refractivity contribution in [2.75, 3.05) is 33.3 Å². The van der Waals surface area contributed by atoms with Gasteiger partial charge in [0.25, 0.3) is 0 Å². The Bertz CT molecular complexity index is 905. The fourth-order valence-corrected chi connectivity index (χ4v) is 5.77. The Morgan fingerprint density at radius 2 is 1.82 bits per heavy atom. The number of benzene rings is 1. The van der Waals surface area contributed by atoms with E-state index >= 15 is 0 Å². The number of likely N-dealkylation sites (tertiary alicyclic amines) is 2. The molecule has 0 aliphatic carbocycles. The van der Waals surface area contributed by atoms with E-state index in [4.69, 9.17) is 9.47 Å². The molecule has 1 unspecified atom stereocenters. The van der Waals surface area contributed by atoms with Gasteiger partial charge in [-0.25, -0.2) is 9.59 Å². The number of nitrogens with one attached hydrogen (secondary N) is 1. The molecule has 186 valence electrons. The monoisotopic (exact) mass is 471 g/mol. The van der Waals surface area contributed by atoms with Gasteiger partial charge in [0.2, 0.25) is 5.91 Å². The second kappa shape index (κ2) is 9.56. The first kappa shape index (κ1) is 24.5. The molecule has 1 spiro atoms. The number of carbonyl (C=O) groups excluding carboxylic acids is 3. The zero-order valence-corrected chi connectivity index (χ0v) is 20.7. The van der Waals surface area contributed by atoms with Crippen LogP contribution in [0.1, 0.15) is 45.6 Å². The summed E-state index contributed by atoms with van der Waals surface area (Å²) in [4.78, 5) is 41.9. The van der Waals surface area contributed by atoms with Crippen molar-refractivity contribution in [2.45, 2.75) is 64.1 Å². The van der Waals surface area contributed by atoms with Crippen LogP contribution in [0.3, 0.4) is 0 Å². The van der Waals surface area contributed by atoms with Crippen molar-refractivity contribution in [1.82, 2.24) is 15.1 Å². The standard InChI is InChI=1S/C26H37N3O5/c1-25(2,3)34-24(32)29-16-19(15-21(29)23(31)33-4)28-12-10-26(11-13-28)17-27-22(30)20(26)14-18-8-6-5-7-9-18/h5-9,19-21H,10-17H2,1-4H3,(H,27,30)/t19-,20?,21-/m0/s1. The Balaban J connectivity index is 1.42. The van der Waals surface area contributed by atoms with Gasteiger partial charge in [0, 0.05) is 30.5 Å². The Kier molecular flexibility index (Phi) is 6.90. The van der Waals surface area contributed by atoms with E-state index in [2.05, 4.69) is 22.3 Å². The van der Waals surface area contributed by atoms with Crippen molar-refractivity contribution in [3.8, 4) is 0 Å². The van der Waals surface area contributed by atoms with Gasteiger partial charge >= 0.3 is 12.1 Å². The predicted molar refractivity (Wildman–Crippen MR) is 127 cm³/mol. The quantitative estimate of drug-likeness (QED) is 0.680. The number of methoxy groups -OCH3 is 1. The maximum Gasteiger partial charge on any atom is 0.411 e. The van der Waals surface area contributed by atoms with Crippen molar-refractivity contribution in [2.24, 2.45) is 11.3 Å². The van der Waals surface area contributed by atoms with E-state index in [1.165, 1.54) is 17.6 Å². The summed E-state index contributed by atoms with van der Waals surface area (Å²) in [5.74, 6) is -0.280. The highest BCUT2D eigenvalue weighted by Crippen LogP contribution is 2.44. The molecule has 3 fully saturated rings. The molecule has 4 rings (SSSR count). The van der Waals surface area contributed by atoms with E-state index < -0.39 is 23.7 Å². The Labute approximate surface area is 201 Å². The molecular weight excluding hydrogens is 434 g/mol. The zero-order valence-electron chi connectivity index (χ0n) is 20.7. The van der Waals surface area contributed by atoms with E-state index in [9.17, 15) is 14.4 Å². The van der Waals surface area contributed by atoms with Crippen LogP contribution in [0.15, 0.2) is 30.3 Å². The lowest BCUT2D eigenvalue weighted by atomic mass is 9.68. The third-order valence-corrected chi connectivity index (χ3v) is 7.64. The topological polar surface area (TPSA) is 88.2 Å². The second-order valence-corrected chi connectivity index (χ2v) is 10.9. The van der Waals surface area contributed by atoms with Crippen molar-refractivity contribution in [3.63, 3.8) is 0 Å². The molecule has 1 aromatic rings. The maximum absolute atomic E-state index is 12.8. The normalized spacial score (nSPS) is 27.0. The fraction of sp³-hybridized carbons (Fsp3) is 0.654. The Hall–Kier alpha value is -2.61. The zero-order chi connectivity index (χ0) is 24.5. The minimum atomic E-state index is -0.638. The number of esters is 1. The average molecular weight is 472 g/mol. The predicted octanol–water partition coefficient (Wildman–Crippen LogP) is 2.61. The molecule has 0 bridgehead atoms. The molecule has 3 heterocycles. The van der Waals surface area contributed by atoms with Gasteiger partial charge in [0.1, 0.15) is 11.6 Å². The van der Waals surface area contributed by atoms with Crippen LogP contribution in [0.4, 0.5) is 4.79 Å². The second-order valence-electron chi connectivity index (χ2n) is 10.9. The minimum Gasteiger partial charge on any atom is -0.467 e. The summed E-state index contributed by atoms with van der Waals surface area (Å²) in [7, 11) is 1.35. The minimum absolute atomic E-state index is 0.0262. The number of nitrogens with zero attached hydrogens (tertiary/aromatic N) is 2. The average Bonchev–Trinajstić information content (AvgIpc) is 3.37. The van der Waals surface area contributed by atoms with Crippen LogP contribution >= 0.6 is 0 Å². The highest BCUT2D eigenvalue weighted by atomic mass is 16.6. The van der Waals surface area contributed by atoms with Crippen LogP contribution in [0.5, 0.6) is 0 Å². The summed E-state index contributed by atoms with van der Waals surface area (Å²) in [5.41, 5.74) is 0.508. The van der Waals surface area contributed by atoms with Gasteiger partial charge in [0.05, 0.1) is 7.11 Å². The van der Waals surface area contributed by atoms with Gasteiger partial charge in [-0.15, -0.1) is 0 Å². The smallest absolute Gasteiger partial charge is 0.411 e. The van der Waals surface area contributed by atoms with Crippen molar-refractivity contribution in [3.05, 3.63) is 35.9 Å². The molecule has 8 heteroatoms. The molecule has 0 aromatic heterocycles. The van der Waals surface area contributed by atoms with Gasteiger partial charge < -0.3 is 14.8 Å². The van der Waals surface area contributed by atoms with E-state index in [1.54, 1.807) is 0 Å². The number of hydrogen-bond donors (Lipinski definition) is 1. The first-order valence-corrected chi connectivity index (χ1v) is 12.2. The summed E-state index contributed by atoms with van der Waals surface area (Å²) in [6, 6.07) is 9.64. The van der Waals surface area contributed by atoms with Crippen molar-refractivity contribution < 1.29 is 23.9 Å². The molecule has 2 amide bonds. The van der Waals surface area contributed by atoms with Crippen LogP contribution in [0, 0.1) is 11.3 Å². The first-order valence-electron chi connectivity index (χ1n) is 12.2. The lowest BCUT2D eigenvalue weighted by molar-refractivity contribution is -0.145. The van der Waals surface area contributed by atoms with Crippen LogP contribution in [0.2, 0.25) is 0 Å². The molecule has 3 aliphatic heterocycles. The largest absolute Gasteiger partial charge is 0.467 e. The summed E-state index contributed by atoms with van der Waals surface area (Å²) in [6.45, 7) is 8.28. The van der Waals surface area contributed by atoms with Crippen molar-refractivity contribution in [1.29, 1.82) is 0 Å². The number of piperidine rings is 1. The van der Waals surface area contributed by atoms with E-state index in [-0.39, 0.29) is 23.3 Å². The number of ether oxygens (including phenoxy) is 2. The molecule has 3 aliphatic rings. The lowest BCUT2D eigenvalue weighted by Gasteiger charge is -2.43. The number of amides is 2. The third-order valence-electron chi connectivity index (χ3n) is 7.64. The third kappa shape index (κ3) is 5.06. The Morgan fingerprint density at radius 3 is 2.44 bits per heavy atom. The first-order chi connectivity index (χ1) is 16.1. The Morgan fingerprint density at radius 1 is 1.15 bits per heavy atom. The molecule has 0 radical (unpaired) electrons. The molecule has 3 saturated heterocycles. The van der Waals surface area contributed by atoms with Crippen molar-refractivity contribution >= 4 is 18.0 Å². The van der Waals surface area contributed by atoms with Crippen LogP contribution < -0.4 is 5.32 Å². The molecule has 1 aromatic carbocycles. The number of hydrogen-bond acceptors (Lipinski definition) is 6. The van der Waals surface area contributed by atoms with E-state index in [0.29, 0.717) is 13.0 Å². The summed E-state index contributed by atoms with van der Waals surface area (Å²) >= 11 is 0. The van der Waals surface area contributed by atoms with E-state index in [1.807, 2.05) is 39.0 Å². The molecule has 34 heavy (non-hydrogen) atoms. The summed E-state index contributed by atoms with van der Waals surface area (Å²) < 4.78 is 10.5. The molecule has 8 nitrogen and oxygen atoms in total. The summed E-state index contributed by atoms with van der Waals surface area (Å²) in [6.07, 6.45) is 2.63. The van der Waals surface area contributed by atoms with E-state index in [0.717, 1.165) is 38.9 Å². The van der Waals surface area contributed by atoms with Crippen LogP contribution in [-0.2, 0) is 25.5 Å². The van der Waals surface area contributed by atoms with Crippen LogP contribution in [0.25, 0.3) is 0 Å². The number of carbonyl (C=O) groups is 3. The van der Waals surface area contributed by atoms with Gasteiger partial charge in [-0.2, -0.15) is 0 Å². The highest BCUT2D eigenvalue weighted by molar-refractivity contribution is 5.83. The van der Waals surface area contributed by atoms with Gasteiger partial charge in [-0.05, 0) is 65.1 Å². The summed E-state index contributed by atoms with van der Waals surface area (Å²) in [5, 5.41) is 3.12. The SMILES string of the molecule is COC(=O)[C@@H]1C[C@H](N2CCC3(CC2)CNC(=O)C3Cc2ccccc2)CN1C(=O)OC(C)(C)C. The molecular formula is C26H37N3O5. The van der Waals surface area contributed by atoms with Gasteiger partial charge in [0.15, 0.2) is 0 Å². The number of rotatable bonds is 4. The van der Waals surface area contributed by atoms with Gasteiger partial charge in [-0.1, -0.05) is 30.3 Å².